The second kappa shape index (κ2) is 9.38. The summed E-state index contributed by atoms with van der Waals surface area (Å²) in [6.45, 7) is 9.88. The molecule has 2 saturated heterocycles. The standard InChI is InChI=1S/C21H32N2O3/c1-3-17(2)19-6-4-5-7-20(19)26-16-21(24)23-10-8-18(9-11-23)22-12-14-25-15-13-22/h4-7,17-18H,3,8-16H2,1-2H3. The average Bonchev–Trinajstić information content (AvgIpc) is 2.72. The van der Waals surface area contributed by atoms with Gasteiger partial charge in [0, 0.05) is 32.2 Å². The number of amides is 1. The van der Waals surface area contributed by atoms with Gasteiger partial charge in [-0.05, 0) is 36.8 Å². The van der Waals surface area contributed by atoms with Crippen molar-refractivity contribution in [1.29, 1.82) is 0 Å². The molecule has 1 atom stereocenters. The molecule has 3 rings (SSSR count). The average molecular weight is 360 g/mol. The van der Waals surface area contributed by atoms with E-state index in [9.17, 15) is 4.79 Å². The third-order valence-corrected chi connectivity index (χ3v) is 5.79. The molecule has 1 aromatic rings. The van der Waals surface area contributed by atoms with Crippen LogP contribution in [0.3, 0.4) is 0 Å². The number of carbonyl (C=O) groups excluding carboxylic acids is 1. The topological polar surface area (TPSA) is 42.0 Å². The SMILES string of the molecule is CCC(C)c1ccccc1OCC(=O)N1CCC(N2CCOCC2)CC1. The first-order chi connectivity index (χ1) is 12.7. The van der Waals surface area contributed by atoms with Gasteiger partial charge in [-0.15, -0.1) is 0 Å². The van der Waals surface area contributed by atoms with Gasteiger partial charge in [0.2, 0.25) is 0 Å². The predicted octanol–water partition coefficient (Wildman–Crippen LogP) is 2.90. The summed E-state index contributed by atoms with van der Waals surface area (Å²) in [6.07, 6.45) is 3.16. The Morgan fingerprint density at radius 1 is 1.19 bits per heavy atom. The molecule has 0 aromatic heterocycles. The lowest BCUT2D eigenvalue weighted by molar-refractivity contribution is -0.135. The Balaban J connectivity index is 1.48. The zero-order valence-corrected chi connectivity index (χ0v) is 16.2. The van der Waals surface area contributed by atoms with Gasteiger partial charge >= 0.3 is 0 Å². The Bertz CT molecular complexity index is 578. The smallest absolute Gasteiger partial charge is 0.260 e. The highest BCUT2D eigenvalue weighted by atomic mass is 16.5. The minimum atomic E-state index is 0.101. The van der Waals surface area contributed by atoms with Gasteiger partial charge in [0.15, 0.2) is 6.61 Å². The van der Waals surface area contributed by atoms with Gasteiger partial charge in [-0.2, -0.15) is 0 Å². The van der Waals surface area contributed by atoms with Gasteiger partial charge in [-0.25, -0.2) is 0 Å². The fourth-order valence-corrected chi connectivity index (χ4v) is 3.89. The summed E-state index contributed by atoms with van der Waals surface area (Å²) in [5.74, 6) is 1.38. The molecule has 0 spiro atoms. The molecular formula is C21H32N2O3. The normalized spacial score (nSPS) is 20.8. The van der Waals surface area contributed by atoms with Crippen LogP contribution in [-0.4, -0.2) is 67.7 Å². The molecule has 2 aliphatic rings. The highest BCUT2D eigenvalue weighted by Crippen LogP contribution is 2.28. The zero-order valence-electron chi connectivity index (χ0n) is 16.2. The molecule has 0 radical (unpaired) electrons. The molecule has 1 aromatic carbocycles. The molecule has 2 heterocycles. The van der Waals surface area contributed by atoms with Gasteiger partial charge in [-0.3, -0.25) is 9.69 Å². The van der Waals surface area contributed by atoms with E-state index in [1.807, 2.05) is 23.1 Å². The molecule has 2 aliphatic heterocycles. The highest BCUT2D eigenvalue weighted by molar-refractivity contribution is 5.78. The number of hydrogen-bond donors (Lipinski definition) is 0. The van der Waals surface area contributed by atoms with Crippen LogP contribution in [0, 0.1) is 0 Å². The van der Waals surface area contributed by atoms with Gasteiger partial charge in [0.05, 0.1) is 13.2 Å². The summed E-state index contributed by atoms with van der Waals surface area (Å²) in [5.41, 5.74) is 1.19. The number of ether oxygens (including phenoxy) is 2. The number of para-hydroxylation sites is 1. The van der Waals surface area contributed by atoms with Crippen LogP contribution in [0.2, 0.25) is 0 Å². The third-order valence-electron chi connectivity index (χ3n) is 5.79. The van der Waals surface area contributed by atoms with Crippen molar-refractivity contribution >= 4 is 5.91 Å². The lowest BCUT2D eigenvalue weighted by Crippen LogP contribution is -2.50. The van der Waals surface area contributed by atoms with Crippen molar-refractivity contribution in [2.45, 2.75) is 45.1 Å². The molecule has 26 heavy (non-hydrogen) atoms. The van der Waals surface area contributed by atoms with E-state index < -0.39 is 0 Å². The van der Waals surface area contributed by atoms with Crippen molar-refractivity contribution in [2.24, 2.45) is 0 Å². The van der Waals surface area contributed by atoms with Crippen LogP contribution in [0.5, 0.6) is 5.75 Å². The maximum atomic E-state index is 12.6. The molecule has 0 saturated carbocycles. The van der Waals surface area contributed by atoms with E-state index >= 15 is 0 Å². The number of benzene rings is 1. The molecule has 1 amide bonds. The molecule has 0 bridgehead atoms. The van der Waals surface area contributed by atoms with Crippen LogP contribution in [-0.2, 0) is 9.53 Å². The van der Waals surface area contributed by atoms with Crippen molar-refractivity contribution in [3.05, 3.63) is 29.8 Å². The van der Waals surface area contributed by atoms with Crippen molar-refractivity contribution < 1.29 is 14.3 Å². The lowest BCUT2D eigenvalue weighted by atomic mass is 9.98. The number of hydrogen-bond acceptors (Lipinski definition) is 4. The first kappa shape index (κ1) is 19.2. The van der Waals surface area contributed by atoms with Crippen molar-refractivity contribution in [3.63, 3.8) is 0 Å². The van der Waals surface area contributed by atoms with Crippen molar-refractivity contribution in [3.8, 4) is 5.75 Å². The van der Waals surface area contributed by atoms with Crippen LogP contribution in [0.1, 0.15) is 44.6 Å². The quantitative estimate of drug-likeness (QED) is 0.782. The Hall–Kier alpha value is -1.59. The fourth-order valence-electron chi connectivity index (χ4n) is 3.89. The molecule has 1 unspecified atom stereocenters. The monoisotopic (exact) mass is 360 g/mol. The molecule has 0 N–H and O–H groups in total. The summed E-state index contributed by atoms with van der Waals surface area (Å²) in [7, 11) is 0. The summed E-state index contributed by atoms with van der Waals surface area (Å²) in [6, 6.07) is 8.67. The number of rotatable bonds is 6. The van der Waals surface area contributed by atoms with Crippen LogP contribution < -0.4 is 4.74 Å². The molecule has 5 heteroatoms. The largest absolute Gasteiger partial charge is 0.483 e. The maximum Gasteiger partial charge on any atom is 0.260 e. The first-order valence-corrected chi connectivity index (χ1v) is 10.00. The van der Waals surface area contributed by atoms with Crippen molar-refractivity contribution in [2.75, 3.05) is 46.0 Å². The second-order valence-corrected chi connectivity index (χ2v) is 7.40. The summed E-state index contributed by atoms with van der Waals surface area (Å²) >= 11 is 0. The summed E-state index contributed by atoms with van der Waals surface area (Å²) in [5, 5.41) is 0. The Labute approximate surface area is 157 Å². The zero-order chi connectivity index (χ0) is 18.4. The number of piperidine rings is 1. The van der Waals surface area contributed by atoms with Crippen LogP contribution in [0.15, 0.2) is 24.3 Å². The molecule has 5 nitrogen and oxygen atoms in total. The molecule has 144 valence electrons. The Morgan fingerprint density at radius 2 is 1.88 bits per heavy atom. The summed E-state index contributed by atoms with van der Waals surface area (Å²) < 4.78 is 11.3. The van der Waals surface area contributed by atoms with Crippen molar-refractivity contribution in [1.82, 2.24) is 9.80 Å². The van der Waals surface area contributed by atoms with E-state index in [-0.39, 0.29) is 12.5 Å². The number of likely N-dealkylation sites (tertiary alicyclic amines) is 1. The molecular weight excluding hydrogens is 328 g/mol. The third kappa shape index (κ3) is 4.77. The van der Waals surface area contributed by atoms with Gasteiger partial charge in [-0.1, -0.05) is 32.0 Å². The number of morpholine rings is 1. The van der Waals surface area contributed by atoms with E-state index in [0.717, 1.165) is 64.4 Å². The van der Waals surface area contributed by atoms with Crippen LogP contribution in [0.25, 0.3) is 0 Å². The fraction of sp³-hybridized carbons (Fsp3) is 0.667. The Kier molecular flexibility index (Phi) is 6.92. The second-order valence-electron chi connectivity index (χ2n) is 7.40. The van der Waals surface area contributed by atoms with Gasteiger partial charge in [0.1, 0.15) is 5.75 Å². The summed E-state index contributed by atoms with van der Waals surface area (Å²) in [4.78, 5) is 17.1. The van der Waals surface area contributed by atoms with Crippen LogP contribution >= 0.6 is 0 Å². The highest BCUT2D eigenvalue weighted by Gasteiger charge is 2.28. The lowest BCUT2D eigenvalue weighted by Gasteiger charge is -2.40. The van der Waals surface area contributed by atoms with E-state index in [0.29, 0.717) is 12.0 Å². The van der Waals surface area contributed by atoms with Crippen LogP contribution in [0.4, 0.5) is 0 Å². The Morgan fingerprint density at radius 3 is 2.58 bits per heavy atom. The predicted molar refractivity (Wildman–Crippen MR) is 103 cm³/mol. The minimum absolute atomic E-state index is 0.101. The van der Waals surface area contributed by atoms with E-state index in [1.165, 1.54) is 5.56 Å². The van der Waals surface area contributed by atoms with Gasteiger partial charge in [0.25, 0.3) is 5.91 Å². The number of nitrogens with zero attached hydrogens (tertiary/aromatic N) is 2. The first-order valence-electron chi connectivity index (χ1n) is 10.00. The molecule has 0 aliphatic carbocycles. The van der Waals surface area contributed by atoms with E-state index in [1.54, 1.807) is 0 Å². The maximum absolute atomic E-state index is 12.6. The van der Waals surface area contributed by atoms with E-state index in [2.05, 4.69) is 24.8 Å². The van der Waals surface area contributed by atoms with Gasteiger partial charge < -0.3 is 14.4 Å². The van der Waals surface area contributed by atoms with E-state index in [4.69, 9.17) is 9.47 Å². The minimum Gasteiger partial charge on any atom is -0.483 e. The molecule has 2 fully saturated rings. The number of carbonyl (C=O) groups is 1.